The summed E-state index contributed by atoms with van der Waals surface area (Å²) in [6, 6.07) is 11.0. The van der Waals surface area contributed by atoms with Crippen LogP contribution in [-0.4, -0.2) is 65.6 Å². The molecule has 3 heterocycles. The zero-order valence-electron chi connectivity index (χ0n) is 16.8. The van der Waals surface area contributed by atoms with Gasteiger partial charge in [-0.05, 0) is 30.3 Å². The minimum Gasteiger partial charge on any atom is -0.474 e. The molecule has 2 aromatic heterocycles. The molecule has 9 nitrogen and oxygen atoms in total. The lowest BCUT2D eigenvalue weighted by Gasteiger charge is -2.32. The number of carbonyl (C=O) groups is 2. The molecule has 0 spiro atoms. The van der Waals surface area contributed by atoms with E-state index in [1.807, 2.05) is 24.3 Å². The van der Waals surface area contributed by atoms with Crippen LogP contribution in [0.5, 0.6) is 5.88 Å². The number of hydrogen-bond donors (Lipinski definition) is 1. The number of fused-ring (bicyclic) bond motifs is 1. The Bertz CT molecular complexity index is 1060. The second-order valence-corrected chi connectivity index (χ2v) is 6.91. The molecule has 1 fully saturated rings. The molecular formula is C22H22N4O5. The molecule has 0 aliphatic carbocycles. The van der Waals surface area contributed by atoms with E-state index < -0.39 is 0 Å². The molecule has 160 valence electrons. The van der Waals surface area contributed by atoms with E-state index in [4.69, 9.17) is 13.9 Å². The number of hydrogen-bond acceptors (Lipinski definition) is 7. The Balaban J connectivity index is 1.26. The molecule has 3 aromatic rings. The molecule has 1 aliphatic heterocycles. The molecule has 9 heteroatoms. The zero-order chi connectivity index (χ0) is 21.5. The largest absolute Gasteiger partial charge is 0.474 e. The summed E-state index contributed by atoms with van der Waals surface area (Å²) in [5.41, 5.74) is 0.797. The second-order valence-electron chi connectivity index (χ2n) is 6.91. The van der Waals surface area contributed by atoms with E-state index in [1.54, 1.807) is 23.1 Å². The van der Waals surface area contributed by atoms with Gasteiger partial charge in [0.15, 0.2) is 0 Å². The lowest BCUT2D eigenvalue weighted by molar-refractivity contribution is -0.140. The number of amides is 2. The van der Waals surface area contributed by atoms with Gasteiger partial charge in [0.1, 0.15) is 24.8 Å². The normalized spacial score (nSPS) is 16.5. The van der Waals surface area contributed by atoms with Crippen molar-refractivity contribution in [3.63, 3.8) is 0 Å². The summed E-state index contributed by atoms with van der Waals surface area (Å²) in [7, 11) is 0. The second kappa shape index (κ2) is 9.86. The maximum Gasteiger partial charge on any atom is 0.244 e. The number of furan rings is 1. The first-order valence-corrected chi connectivity index (χ1v) is 9.90. The van der Waals surface area contributed by atoms with Crippen LogP contribution in [0.2, 0.25) is 0 Å². The lowest BCUT2D eigenvalue weighted by Crippen LogP contribution is -2.50. The van der Waals surface area contributed by atoms with Crippen LogP contribution in [0.3, 0.4) is 0 Å². The molecule has 1 atom stereocenters. The smallest absolute Gasteiger partial charge is 0.244 e. The first-order chi connectivity index (χ1) is 15.2. The predicted molar refractivity (Wildman–Crippen MR) is 112 cm³/mol. The van der Waals surface area contributed by atoms with Gasteiger partial charge >= 0.3 is 0 Å². The van der Waals surface area contributed by atoms with Gasteiger partial charge in [0, 0.05) is 12.6 Å². The van der Waals surface area contributed by atoms with Crippen molar-refractivity contribution < 1.29 is 23.5 Å². The topological polar surface area (TPSA) is 107 Å². The van der Waals surface area contributed by atoms with Gasteiger partial charge in [-0.3, -0.25) is 9.59 Å². The van der Waals surface area contributed by atoms with Crippen molar-refractivity contribution >= 4 is 28.8 Å². The fourth-order valence-corrected chi connectivity index (χ4v) is 3.19. The van der Waals surface area contributed by atoms with Gasteiger partial charge in [-0.15, -0.1) is 0 Å². The summed E-state index contributed by atoms with van der Waals surface area (Å²) >= 11 is 0. The van der Waals surface area contributed by atoms with Crippen LogP contribution in [0, 0.1) is 0 Å². The van der Waals surface area contributed by atoms with Gasteiger partial charge in [-0.2, -0.15) is 0 Å². The van der Waals surface area contributed by atoms with Crippen LogP contribution < -0.4 is 10.1 Å². The number of benzene rings is 1. The van der Waals surface area contributed by atoms with Crippen LogP contribution in [0.15, 0.2) is 59.5 Å². The van der Waals surface area contributed by atoms with E-state index in [1.165, 1.54) is 18.7 Å². The van der Waals surface area contributed by atoms with Crippen LogP contribution in [0.1, 0.15) is 5.76 Å². The highest BCUT2D eigenvalue weighted by Gasteiger charge is 2.25. The van der Waals surface area contributed by atoms with E-state index in [9.17, 15) is 9.59 Å². The number of nitrogens with zero attached hydrogens (tertiary/aromatic N) is 3. The van der Waals surface area contributed by atoms with Gasteiger partial charge in [0.05, 0.1) is 36.9 Å². The summed E-state index contributed by atoms with van der Waals surface area (Å²) < 4.78 is 16.7. The number of ether oxygens (including phenoxy) is 2. The highest BCUT2D eigenvalue weighted by Crippen LogP contribution is 2.21. The number of rotatable bonds is 7. The molecule has 1 unspecified atom stereocenters. The average Bonchev–Trinajstić information content (AvgIpc) is 3.34. The number of para-hydroxylation sites is 1. The molecule has 4 rings (SSSR count). The summed E-state index contributed by atoms with van der Waals surface area (Å²) in [6.45, 7) is 1.40. The highest BCUT2D eigenvalue weighted by atomic mass is 16.5. The number of carbonyl (C=O) groups excluding carboxylic acids is 2. The molecule has 0 radical (unpaired) electrons. The minimum atomic E-state index is -0.367. The highest BCUT2D eigenvalue weighted by molar-refractivity contribution is 5.94. The fraction of sp³-hybridized carbons (Fsp3) is 0.273. The van der Waals surface area contributed by atoms with E-state index in [0.717, 1.165) is 10.9 Å². The van der Waals surface area contributed by atoms with Crippen molar-refractivity contribution in [2.24, 2.45) is 0 Å². The third-order valence-corrected chi connectivity index (χ3v) is 4.76. The number of nitrogens with one attached hydrogen (secondary N) is 1. The lowest BCUT2D eigenvalue weighted by atomic mass is 10.2. The first kappa shape index (κ1) is 20.5. The number of morpholine rings is 1. The molecule has 1 aliphatic rings. The van der Waals surface area contributed by atoms with Crippen molar-refractivity contribution in [1.29, 1.82) is 0 Å². The van der Waals surface area contributed by atoms with Crippen molar-refractivity contribution in [1.82, 2.24) is 20.2 Å². The Labute approximate surface area is 178 Å². The van der Waals surface area contributed by atoms with Gasteiger partial charge in [0.2, 0.25) is 17.7 Å². The van der Waals surface area contributed by atoms with Crippen LogP contribution in [-0.2, 0) is 14.3 Å². The molecule has 2 amide bonds. The Hall–Kier alpha value is -3.72. The Morgan fingerprint density at radius 2 is 2.13 bits per heavy atom. The standard InChI is InChI=1S/C22H22N4O5/c27-20(8-7-16-4-3-10-29-16)23-12-21(28)26-9-11-30-17(13-26)14-31-22-18-5-1-2-6-19(18)24-15-25-22/h1-8,10,15,17H,9,11-14H2,(H,23,27). The van der Waals surface area contributed by atoms with Crippen LogP contribution in [0.25, 0.3) is 17.0 Å². The van der Waals surface area contributed by atoms with E-state index >= 15 is 0 Å². The van der Waals surface area contributed by atoms with Crippen molar-refractivity contribution in [3.8, 4) is 5.88 Å². The summed E-state index contributed by atoms with van der Waals surface area (Å²) in [5.74, 6) is 0.497. The molecular weight excluding hydrogens is 400 g/mol. The Kier molecular flexibility index (Phi) is 6.53. The van der Waals surface area contributed by atoms with Gasteiger partial charge in [-0.1, -0.05) is 12.1 Å². The maximum absolute atomic E-state index is 12.5. The molecule has 0 saturated carbocycles. The predicted octanol–water partition coefficient (Wildman–Crippen LogP) is 1.66. The number of aromatic nitrogens is 2. The third kappa shape index (κ3) is 5.46. The molecule has 31 heavy (non-hydrogen) atoms. The van der Waals surface area contributed by atoms with E-state index in [2.05, 4.69) is 15.3 Å². The zero-order valence-corrected chi connectivity index (χ0v) is 16.8. The van der Waals surface area contributed by atoms with E-state index in [-0.39, 0.29) is 31.1 Å². The monoisotopic (exact) mass is 422 g/mol. The summed E-state index contributed by atoms with van der Waals surface area (Å²) in [5, 5.41) is 3.41. The van der Waals surface area contributed by atoms with Gasteiger partial charge < -0.3 is 24.1 Å². The molecule has 1 saturated heterocycles. The van der Waals surface area contributed by atoms with Crippen LogP contribution >= 0.6 is 0 Å². The first-order valence-electron chi connectivity index (χ1n) is 9.90. The third-order valence-electron chi connectivity index (χ3n) is 4.76. The van der Waals surface area contributed by atoms with Crippen molar-refractivity contribution in [2.45, 2.75) is 6.10 Å². The van der Waals surface area contributed by atoms with Crippen molar-refractivity contribution in [2.75, 3.05) is 32.8 Å². The molecule has 1 aromatic carbocycles. The quantitative estimate of drug-likeness (QED) is 0.577. The Morgan fingerprint density at radius 3 is 3.00 bits per heavy atom. The SMILES string of the molecule is O=C(C=Cc1ccco1)NCC(=O)N1CCOC(COc2ncnc3ccccc23)C1. The van der Waals surface area contributed by atoms with Gasteiger partial charge in [0.25, 0.3) is 0 Å². The van der Waals surface area contributed by atoms with Crippen molar-refractivity contribution in [3.05, 3.63) is 60.8 Å². The average molecular weight is 422 g/mol. The Morgan fingerprint density at radius 1 is 1.23 bits per heavy atom. The molecule has 0 bridgehead atoms. The summed E-state index contributed by atoms with van der Waals surface area (Å²) in [6.07, 6.45) is 5.55. The minimum absolute atomic E-state index is 0.0918. The fourth-order valence-electron chi connectivity index (χ4n) is 3.19. The molecule has 1 N–H and O–H groups in total. The summed E-state index contributed by atoms with van der Waals surface area (Å²) in [4.78, 5) is 34.4. The van der Waals surface area contributed by atoms with Crippen LogP contribution in [0.4, 0.5) is 0 Å². The van der Waals surface area contributed by atoms with E-state index in [0.29, 0.717) is 31.3 Å². The van der Waals surface area contributed by atoms with Gasteiger partial charge in [-0.25, -0.2) is 9.97 Å². The maximum atomic E-state index is 12.5.